The molecule has 1 aromatic carbocycles. The maximum atomic E-state index is 10.0. The molecule has 96 valence electrons. The van der Waals surface area contributed by atoms with Crippen LogP contribution in [0.4, 0.5) is 0 Å². The van der Waals surface area contributed by atoms with Crippen LogP contribution in [0.25, 0.3) is 0 Å². The minimum atomic E-state index is -0.581. The third-order valence-corrected chi connectivity index (χ3v) is 2.61. The second kappa shape index (κ2) is 6.18. The molecule has 0 fully saturated rings. The van der Waals surface area contributed by atoms with Crippen molar-refractivity contribution in [2.24, 2.45) is 0 Å². The zero-order valence-corrected chi connectivity index (χ0v) is 10.2. The highest BCUT2D eigenvalue weighted by molar-refractivity contribution is 5.29. The number of aromatic nitrogens is 1. The number of benzene rings is 1. The van der Waals surface area contributed by atoms with Crippen molar-refractivity contribution in [2.75, 3.05) is 13.7 Å². The van der Waals surface area contributed by atoms with E-state index in [1.807, 2.05) is 24.3 Å². The van der Waals surface area contributed by atoms with Crippen molar-refractivity contribution in [3.63, 3.8) is 0 Å². The Morgan fingerprint density at radius 2 is 2.33 bits per heavy atom. The molecule has 2 N–H and O–H groups in total. The van der Waals surface area contributed by atoms with Crippen LogP contribution < -0.4 is 10.1 Å². The Balaban J connectivity index is 1.85. The van der Waals surface area contributed by atoms with Gasteiger partial charge in [0, 0.05) is 12.6 Å². The molecule has 1 atom stereocenters. The number of rotatable bonds is 6. The molecule has 0 bridgehead atoms. The molecule has 0 amide bonds. The van der Waals surface area contributed by atoms with Gasteiger partial charge in [0.15, 0.2) is 0 Å². The molecule has 0 radical (unpaired) electrons. The predicted octanol–water partition coefficient (Wildman–Crippen LogP) is 1.51. The molecule has 5 heteroatoms. The Labute approximate surface area is 105 Å². The summed E-state index contributed by atoms with van der Waals surface area (Å²) in [4.78, 5) is 0. The Hall–Kier alpha value is -1.85. The Bertz CT molecular complexity index is 471. The van der Waals surface area contributed by atoms with Crippen molar-refractivity contribution in [3.05, 3.63) is 47.9 Å². The summed E-state index contributed by atoms with van der Waals surface area (Å²) in [5, 5.41) is 16.7. The molecule has 1 heterocycles. The number of nitrogens with one attached hydrogen (secondary N) is 1. The Morgan fingerprint density at radius 3 is 3.06 bits per heavy atom. The second-order valence-electron chi connectivity index (χ2n) is 3.90. The first-order valence-corrected chi connectivity index (χ1v) is 5.72. The van der Waals surface area contributed by atoms with Crippen LogP contribution >= 0.6 is 0 Å². The molecule has 1 aromatic heterocycles. The summed E-state index contributed by atoms with van der Waals surface area (Å²) < 4.78 is 10.1. The lowest BCUT2D eigenvalue weighted by Gasteiger charge is -2.12. The number of nitrogens with zero attached hydrogens (tertiary/aromatic N) is 1. The molecule has 2 aromatic rings. The molecule has 0 saturated heterocycles. The average molecular weight is 248 g/mol. The van der Waals surface area contributed by atoms with Crippen LogP contribution in [0.2, 0.25) is 0 Å². The van der Waals surface area contributed by atoms with E-state index in [1.54, 1.807) is 19.4 Å². The molecular formula is C13H16N2O3. The first-order valence-electron chi connectivity index (χ1n) is 5.72. The van der Waals surface area contributed by atoms with Gasteiger partial charge in [0.1, 0.15) is 11.5 Å². The van der Waals surface area contributed by atoms with Crippen molar-refractivity contribution in [1.82, 2.24) is 10.5 Å². The van der Waals surface area contributed by atoms with Gasteiger partial charge in [-0.15, -0.1) is 0 Å². The molecule has 2 rings (SSSR count). The lowest BCUT2D eigenvalue weighted by Crippen LogP contribution is -2.20. The highest BCUT2D eigenvalue weighted by Crippen LogP contribution is 2.18. The highest BCUT2D eigenvalue weighted by atomic mass is 16.5. The molecule has 18 heavy (non-hydrogen) atoms. The SMILES string of the molecule is COc1cccc(C(O)CNCc2ccno2)c1. The fourth-order valence-electron chi connectivity index (χ4n) is 1.63. The molecule has 1 unspecified atom stereocenters. The summed E-state index contributed by atoms with van der Waals surface area (Å²) in [5.41, 5.74) is 0.819. The standard InChI is InChI=1S/C13H16N2O3/c1-17-11-4-2-3-10(7-11)13(16)9-14-8-12-5-6-15-18-12/h2-7,13-14,16H,8-9H2,1H3. The van der Waals surface area contributed by atoms with Gasteiger partial charge in [0.05, 0.1) is 26.0 Å². The minimum Gasteiger partial charge on any atom is -0.497 e. The molecule has 0 saturated carbocycles. The van der Waals surface area contributed by atoms with E-state index in [9.17, 15) is 5.11 Å². The van der Waals surface area contributed by atoms with E-state index in [0.717, 1.165) is 17.1 Å². The summed E-state index contributed by atoms with van der Waals surface area (Å²) in [6.45, 7) is 0.981. The van der Waals surface area contributed by atoms with Gasteiger partial charge in [-0.2, -0.15) is 0 Å². The summed E-state index contributed by atoms with van der Waals surface area (Å²) in [6, 6.07) is 9.17. The monoisotopic (exact) mass is 248 g/mol. The van der Waals surface area contributed by atoms with Gasteiger partial charge in [-0.05, 0) is 17.7 Å². The normalized spacial score (nSPS) is 12.3. The largest absolute Gasteiger partial charge is 0.497 e. The summed E-state index contributed by atoms with van der Waals surface area (Å²) >= 11 is 0. The zero-order valence-electron chi connectivity index (χ0n) is 10.2. The van der Waals surface area contributed by atoms with Gasteiger partial charge < -0.3 is 19.7 Å². The molecule has 0 aliphatic carbocycles. The van der Waals surface area contributed by atoms with E-state index in [1.165, 1.54) is 0 Å². The first-order chi connectivity index (χ1) is 8.79. The smallest absolute Gasteiger partial charge is 0.150 e. The summed E-state index contributed by atoms with van der Waals surface area (Å²) in [5.74, 6) is 1.48. The van der Waals surface area contributed by atoms with Crippen LogP contribution in [0.5, 0.6) is 5.75 Å². The second-order valence-corrected chi connectivity index (χ2v) is 3.90. The van der Waals surface area contributed by atoms with E-state index >= 15 is 0 Å². The van der Waals surface area contributed by atoms with Gasteiger partial charge in [0.25, 0.3) is 0 Å². The molecular weight excluding hydrogens is 232 g/mol. The van der Waals surface area contributed by atoms with Gasteiger partial charge in [-0.25, -0.2) is 0 Å². The fraction of sp³-hybridized carbons (Fsp3) is 0.308. The van der Waals surface area contributed by atoms with Gasteiger partial charge in [-0.3, -0.25) is 0 Å². The van der Waals surface area contributed by atoms with E-state index in [2.05, 4.69) is 10.5 Å². The van der Waals surface area contributed by atoms with Gasteiger partial charge in [0.2, 0.25) is 0 Å². The minimum absolute atomic E-state index is 0.438. The predicted molar refractivity (Wildman–Crippen MR) is 66.2 cm³/mol. The van der Waals surface area contributed by atoms with E-state index < -0.39 is 6.10 Å². The van der Waals surface area contributed by atoms with Crippen molar-refractivity contribution < 1.29 is 14.4 Å². The van der Waals surface area contributed by atoms with E-state index in [-0.39, 0.29) is 0 Å². The Morgan fingerprint density at radius 1 is 1.44 bits per heavy atom. The molecule has 0 aliphatic rings. The topological polar surface area (TPSA) is 67.5 Å². The summed E-state index contributed by atoms with van der Waals surface area (Å²) in [7, 11) is 1.60. The summed E-state index contributed by atoms with van der Waals surface area (Å²) in [6.07, 6.45) is 1.01. The number of hydrogen-bond acceptors (Lipinski definition) is 5. The number of hydrogen-bond donors (Lipinski definition) is 2. The molecule has 0 spiro atoms. The number of methoxy groups -OCH3 is 1. The molecule has 5 nitrogen and oxygen atoms in total. The third-order valence-electron chi connectivity index (χ3n) is 2.61. The quantitative estimate of drug-likeness (QED) is 0.811. The third kappa shape index (κ3) is 3.32. The van der Waals surface area contributed by atoms with Crippen molar-refractivity contribution >= 4 is 0 Å². The van der Waals surface area contributed by atoms with E-state index in [4.69, 9.17) is 9.26 Å². The lowest BCUT2D eigenvalue weighted by molar-refractivity contribution is 0.172. The van der Waals surface area contributed by atoms with Crippen LogP contribution in [0.1, 0.15) is 17.4 Å². The zero-order chi connectivity index (χ0) is 12.8. The van der Waals surface area contributed by atoms with Crippen LogP contribution in [-0.4, -0.2) is 23.9 Å². The van der Waals surface area contributed by atoms with Gasteiger partial charge >= 0.3 is 0 Å². The van der Waals surface area contributed by atoms with Crippen molar-refractivity contribution in [1.29, 1.82) is 0 Å². The van der Waals surface area contributed by atoms with Crippen LogP contribution in [0.3, 0.4) is 0 Å². The van der Waals surface area contributed by atoms with Crippen LogP contribution in [0.15, 0.2) is 41.1 Å². The molecule has 0 aliphatic heterocycles. The average Bonchev–Trinajstić information content (AvgIpc) is 2.92. The first kappa shape index (κ1) is 12.6. The van der Waals surface area contributed by atoms with Crippen LogP contribution in [0, 0.1) is 0 Å². The lowest BCUT2D eigenvalue weighted by atomic mass is 10.1. The number of aliphatic hydroxyl groups is 1. The van der Waals surface area contributed by atoms with Gasteiger partial charge in [-0.1, -0.05) is 17.3 Å². The van der Waals surface area contributed by atoms with E-state index in [0.29, 0.717) is 13.1 Å². The van der Waals surface area contributed by atoms with Crippen LogP contribution in [-0.2, 0) is 6.54 Å². The maximum absolute atomic E-state index is 10.0. The van der Waals surface area contributed by atoms with Crippen molar-refractivity contribution in [3.8, 4) is 5.75 Å². The van der Waals surface area contributed by atoms with Crippen molar-refractivity contribution in [2.45, 2.75) is 12.6 Å². The number of aliphatic hydroxyl groups excluding tert-OH is 1. The highest BCUT2D eigenvalue weighted by Gasteiger charge is 2.08. The maximum Gasteiger partial charge on any atom is 0.150 e. The fourth-order valence-corrected chi connectivity index (χ4v) is 1.63. The Kier molecular flexibility index (Phi) is 4.33. The number of ether oxygens (including phenoxy) is 1.